The number of rotatable bonds is 2. The van der Waals surface area contributed by atoms with Gasteiger partial charge in [-0.25, -0.2) is 4.79 Å². The van der Waals surface area contributed by atoms with E-state index in [1.165, 1.54) is 0 Å². The number of benzene rings is 1. The van der Waals surface area contributed by atoms with E-state index in [0.29, 0.717) is 10.0 Å². The van der Waals surface area contributed by atoms with Crippen molar-refractivity contribution in [3.05, 3.63) is 29.8 Å². The Morgan fingerprint density at radius 1 is 1.23 bits per heavy atom. The summed E-state index contributed by atoms with van der Waals surface area (Å²) in [5, 5.41) is 8.92. The Hall–Kier alpha value is -1.35. The highest BCUT2D eigenvalue weighted by Gasteiger charge is 2.20. The predicted molar refractivity (Wildman–Crippen MR) is 53.0 cm³/mol. The molecule has 70 valence electrons. The molecule has 1 aromatic rings. The fourth-order valence-electron chi connectivity index (χ4n) is 1.24. The fraction of sp³-hybridized carbons (Fsp3) is 0.300. The molecular formula is C10H14NO2+. The van der Waals surface area contributed by atoms with Crippen molar-refractivity contribution < 1.29 is 9.90 Å². The first-order valence-electron chi connectivity index (χ1n) is 4.07. The van der Waals surface area contributed by atoms with Crippen LogP contribution in [0.2, 0.25) is 0 Å². The molecule has 0 aliphatic carbocycles. The van der Waals surface area contributed by atoms with E-state index in [4.69, 9.17) is 5.11 Å². The molecule has 0 radical (unpaired) electrons. The molecule has 0 fully saturated rings. The van der Waals surface area contributed by atoms with Crippen LogP contribution in [0.3, 0.4) is 0 Å². The first kappa shape index (κ1) is 9.74. The van der Waals surface area contributed by atoms with E-state index in [0.717, 1.165) is 5.69 Å². The zero-order valence-electron chi connectivity index (χ0n) is 8.11. The second-order valence-corrected chi connectivity index (χ2v) is 3.83. The number of nitrogens with zero attached hydrogens (tertiary/aromatic N) is 1. The van der Waals surface area contributed by atoms with Crippen molar-refractivity contribution in [2.45, 2.75) is 0 Å². The van der Waals surface area contributed by atoms with E-state index >= 15 is 0 Å². The van der Waals surface area contributed by atoms with E-state index < -0.39 is 5.97 Å². The number of aromatic carboxylic acids is 1. The smallest absolute Gasteiger partial charge is 0.341 e. The van der Waals surface area contributed by atoms with Gasteiger partial charge in [-0.3, -0.25) is 4.48 Å². The summed E-state index contributed by atoms with van der Waals surface area (Å²) < 4.78 is 0.516. The topological polar surface area (TPSA) is 37.3 Å². The molecule has 3 nitrogen and oxygen atoms in total. The van der Waals surface area contributed by atoms with Crippen molar-refractivity contribution in [3.63, 3.8) is 0 Å². The third-order valence-electron chi connectivity index (χ3n) is 1.86. The molecule has 0 aliphatic rings. The summed E-state index contributed by atoms with van der Waals surface area (Å²) in [5.41, 5.74) is 1.19. The molecule has 1 rings (SSSR count). The Balaban J connectivity index is 3.28. The van der Waals surface area contributed by atoms with E-state index in [1.54, 1.807) is 12.1 Å². The zero-order valence-corrected chi connectivity index (χ0v) is 8.11. The third kappa shape index (κ3) is 2.06. The molecule has 1 aromatic carbocycles. The number of para-hydroxylation sites is 1. The molecule has 0 spiro atoms. The minimum absolute atomic E-state index is 0.370. The molecule has 0 heterocycles. The summed E-state index contributed by atoms with van der Waals surface area (Å²) in [7, 11) is 5.84. The summed E-state index contributed by atoms with van der Waals surface area (Å²) in [6, 6.07) is 7.05. The van der Waals surface area contributed by atoms with Crippen molar-refractivity contribution in [1.29, 1.82) is 0 Å². The SMILES string of the molecule is C[N+](C)(C)c1ccccc1C(=O)O. The van der Waals surface area contributed by atoms with Gasteiger partial charge in [-0.05, 0) is 6.07 Å². The Kier molecular flexibility index (Phi) is 2.38. The zero-order chi connectivity index (χ0) is 10.1. The van der Waals surface area contributed by atoms with E-state index in [-0.39, 0.29) is 0 Å². The van der Waals surface area contributed by atoms with Gasteiger partial charge in [0, 0.05) is 6.07 Å². The molecule has 0 bridgehead atoms. The van der Waals surface area contributed by atoms with Crippen LogP contribution in [0.4, 0.5) is 5.69 Å². The lowest BCUT2D eigenvalue weighted by Gasteiger charge is -2.24. The van der Waals surface area contributed by atoms with Gasteiger partial charge in [0.15, 0.2) is 0 Å². The third-order valence-corrected chi connectivity index (χ3v) is 1.86. The van der Waals surface area contributed by atoms with Crippen LogP contribution < -0.4 is 4.48 Å². The highest BCUT2D eigenvalue weighted by atomic mass is 16.4. The Morgan fingerprint density at radius 2 is 1.77 bits per heavy atom. The molecule has 0 atom stereocenters. The Bertz CT molecular complexity index is 326. The standard InChI is InChI=1S/C10H13NO2/c1-11(2,3)9-7-5-4-6-8(9)10(12)13/h4-7H,1-3H3/p+1. The number of hydrogen-bond acceptors (Lipinski definition) is 1. The summed E-state index contributed by atoms with van der Waals surface area (Å²) in [6.45, 7) is 0. The maximum Gasteiger partial charge on any atom is 0.341 e. The van der Waals surface area contributed by atoms with E-state index in [1.807, 2.05) is 33.3 Å². The molecule has 0 aromatic heterocycles. The van der Waals surface area contributed by atoms with Crippen LogP contribution in [0.1, 0.15) is 10.4 Å². The molecule has 13 heavy (non-hydrogen) atoms. The lowest BCUT2D eigenvalue weighted by molar-refractivity contribution is 0.0695. The Morgan fingerprint density at radius 3 is 2.15 bits per heavy atom. The van der Waals surface area contributed by atoms with Crippen LogP contribution in [0.5, 0.6) is 0 Å². The summed E-state index contributed by atoms with van der Waals surface area (Å²) in [5.74, 6) is -0.872. The number of carbonyl (C=O) groups is 1. The van der Waals surface area contributed by atoms with Crippen LogP contribution in [0, 0.1) is 0 Å². The van der Waals surface area contributed by atoms with Crippen LogP contribution in [0.25, 0.3) is 0 Å². The molecule has 0 saturated carbocycles. The monoisotopic (exact) mass is 180 g/mol. The number of quaternary nitrogens is 1. The van der Waals surface area contributed by atoms with Crippen LogP contribution in [-0.2, 0) is 0 Å². The normalized spacial score (nSPS) is 11.3. The van der Waals surface area contributed by atoms with E-state index in [2.05, 4.69) is 0 Å². The number of carboxylic acids is 1. The minimum atomic E-state index is -0.872. The number of carboxylic acid groups (broad SMARTS) is 1. The maximum atomic E-state index is 10.9. The second-order valence-electron chi connectivity index (χ2n) is 3.83. The average Bonchev–Trinajstić information content (AvgIpc) is 2.03. The van der Waals surface area contributed by atoms with Gasteiger partial charge >= 0.3 is 5.97 Å². The Labute approximate surface area is 77.8 Å². The van der Waals surface area contributed by atoms with Gasteiger partial charge in [0.25, 0.3) is 0 Å². The van der Waals surface area contributed by atoms with Crippen molar-refractivity contribution in [2.75, 3.05) is 21.1 Å². The lowest BCUT2D eigenvalue weighted by Crippen LogP contribution is -2.36. The molecule has 0 saturated heterocycles. The maximum absolute atomic E-state index is 10.9. The molecule has 0 unspecified atom stereocenters. The van der Waals surface area contributed by atoms with Crippen LogP contribution in [0.15, 0.2) is 24.3 Å². The van der Waals surface area contributed by atoms with Gasteiger partial charge in [-0.1, -0.05) is 12.1 Å². The van der Waals surface area contributed by atoms with Gasteiger partial charge in [0.1, 0.15) is 11.3 Å². The minimum Gasteiger partial charge on any atom is -0.477 e. The molecule has 3 heteroatoms. The highest BCUT2D eigenvalue weighted by Crippen LogP contribution is 2.21. The first-order valence-corrected chi connectivity index (χ1v) is 4.07. The average molecular weight is 180 g/mol. The largest absolute Gasteiger partial charge is 0.477 e. The van der Waals surface area contributed by atoms with Crippen molar-refractivity contribution in [2.24, 2.45) is 0 Å². The first-order chi connectivity index (χ1) is 5.93. The van der Waals surface area contributed by atoms with Gasteiger partial charge < -0.3 is 5.11 Å². The molecule has 0 amide bonds. The van der Waals surface area contributed by atoms with Crippen molar-refractivity contribution in [1.82, 2.24) is 4.48 Å². The summed E-state index contributed by atoms with van der Waals surface area (Å²) >= 11 is 0. The van der Waals surface area contributed by atoms with Gasteiger partial charge in [0.05, 0.1) is 21.1 Å². The number of hydrogen-bond donors (Lipinski definition) is 1. The predicted octanol–water partition coefficient (Wildman–Crippen LogP) is 1.58. The van der Waals surface area contributed by atoms with Crippen LogP contribution >= 0.6 is 0 Å². The van der Waals surface area contributed by atoms with E-state index in [9.17, 15) is 4.79 Å². The van der Waals surface area contributed by atoms with Gasteiger partial charge in [-0.15, -0.1) is 0 Å². The summed E-state index contributed by atoms with van der Waals surface area (Å²) in [6.07, 6.45) is 0. The molecule has 0 aliphatic heterocycles. The van der Waals surface area contributed by atoms with Crippen molar-refractivity contribution >= 4 is 11.7 Å². The molecular weight excluding hydrogens is 166 g/mol. The van der Waals surface area contributed by atoms with Gasteiger partial charge in [0.2, 0.25) is 0 Å². The van der Waals surface area contributed by atoms with Crippen molar-refractivity contribution in [3.8, 4) is 0 Å². The highest BCUT2D eigenvalue weighted by molar-refractivity contribution is 5.93. The quantitative estimate of drug-likeness (QED) is 0.701. The fourth-order valence-corrected chi connectivity index (χ4v) is 1.24. The molecule has 1 N–H and O–H groups in total. The van der Waals surface area contributed by atoms with Gasteiger partial charge in [-0.2, -0.15) is 0 Å². The van der Waals surface area contributed by atoms with Crippen LogP contribution in [-0.4, -0.2) is 32.2 Å². The lowest BCUT2D eigenvalue weighted by atomic mass is 10.1. The second kappa shape index (κ2) is 3.18. The summed E-state index contributed by atoms with van der Waals surface area (Å²) in [4.78, 5) is 10.9.